The van der Waals surface area contributed by atoms with Crippen molar-refractivity contribution in [2.45, 2.75) is 51.3 Å². The Morgan fingerprint density at radius 2 is 2.12 bits per heavy atom. The number of amides is 1. The lowest BCUT2D eigenvalue weighted by Crippen LogP contribution is -2.45. The molecule has 0 aliphatic heterocycles. The number of ether oxygens (including phenoxy) is 1. The molecule has 4 rings (SSSR count). The predicted molar refractivity (Wildman–Crippen MR) is 130 cm³/mol. The third kappa shape index (κ3) is 4.94. The molecule has 1 aliphatic rings. The summed E-state index contributed by atoms with van der Waals surface area (Å²) in [6, 6.07) is 12.6. The Morgan fingerprint density at radius 3 is 2.85 bits per heavy atom. The Bertz CT molecular complexity index is 1230. The van der Waals surface area contributed by atoms with E-state index in [4.69, 9.17) is 10.5 Å². The van der Waals surface area contributed by atoms with Gasteiger partial charge in [-0.25, -0.2) is 0 Å². The van der Waals surface area contributed by atoms with E-state index in [1.165, 1.54) is 11.3 Å². The number of hydrogen-bond donors (Lipinski definition) is 3. The summed E-state index contributed by atoms with van der Waals surface area (Å²) in [6.07, 6.45) is 2.57. The van der Waals surface area contributed by atoms with E-state index in [0.717, 1.165) is 51.5 Å². The van der Waals surface area contributed by atoms with E-state index in [2.05, 4.69) is 21.6 Å². The molecule has 0 spiro atoms. The van der Waals surface area contributed by atoms with Crippen molar-refractivity contribution in [1.82, 2.24) is 15.5 Å². The molecule has 1 heterocycles. The third-order valence-electron chi connectivity index (χ3n) is 5.72. The summed E-state index contributed by atoms with van der Waals surface area (Å²) in [5.74, 6) is 0.194. The minimum absolute atomic E-state index is 0.0247. The molecule has 0 bridgehead atoms. The van der Waals surface area contributed by atoms with Gasteiger partial charge in [0, 0.05) is 11.1 Å². The number of benzene rings is 2. The molecule has 176 valence electrons. The molecule has 2 atom stereocenters. The Morgan fingerprint density at radius 1 is 1.32 bits per heavy atom. The molecular formula is C25H27N5O3S. The first-order valence-electron chi connectivity index (χ1n) is 11.2. The van der Waals surface area contributed by atoms with Crippen LogP contribution >= 0.6 is 11.3 Å². The van der Waals surface area contributed by atoms with E-state index in [1.54, 1.807) is 12.1 Å². The highest BCUT2D eigenvalue weighted by atomic mass is 32.1. The van der Waals surface area contributed by atoms with Crippen LogP contribution in [0.2, 0.25) is 0 Å². The molecule has 9 heteroatoms. The first-order valence-corrected chi connectivity index (χ1v) is 12.1. The number of carbonyl (C=O) groups excluding carboxylic acids is 1. The second kappa shape index (κ2) is 10.3. The minimum atomic E-state index is -0.935. The summed E-state index contributed by atoms with van der Waals surface area (Å²) in [5.41, 5.74) is 10.1. The van der Waals surface area contributed by atoms with E-state index < -0.39 is 12.6 Å². The number of fused-ring (bicyclic) bond motifs is 1. The van der Waals surface area contributed by atoms with E-state index >= 15 is 0 Å². The van der Waals surface area contributed by atoms with Crippen LogP contribution in [0, 0.1) is 11.3 Å². The molecule has 2 unspecified atom stereocenters. The normalized spacial score (nSPS) is 15.9. The van der Waals surface area contributed by atoms with Crippen molar-refractivity contribution in [1.29, 1.82) is 5.26 Å². The van der Waals surface area contributed by atoms with Crippen LogP contribution in [-0.4, -0.2) is 40.0 Å². The number of nitriles is 1. The van der Waals surface area contributed by atoms with Crippen LogP contribution < -0.4 is 15.8 Å². The highest BCUT2D eigenvalue weighted by molar-refractivity contribution is 7.17. The van der Waals surface area contributed by atoms with Gasteiger partial charge in [-0.05, 0) is 62.4 Å². The van der Waals surface area contributed by atoms with Gasteiger partial charge >= 0.3 is 0 Å². The van der Waals surface area contributed by atoms with Crippen LogP contribution in [-0.2, 0) is 11.2 Å². The van der Waals surface area contributed by atoms with Crippen LogP contribution in [0.1, 0.15) is 49.4 Å². The van der Waals surface area contributed by atoms with Crippen LogP contribution in [0.3, 0.4) is 0 Å². The van der Waals surface area contributed by atoms with Gasteiger partial charge in [-0.3, -0.25) is 4.79 Å². The molecule has 0 saturated carbocycles. The van der Waals surface area contributed by atoms with Crippen LogP contribution in [0.15, 0.2) is 36.4 Å². The minimum Gasteiger partial charge on any atom is -0.490 e. The number of aliphatic hydroxyl groups excluding tert-OH is 1. The van der Waals surface area contributed by atoms with Gasteiger partial charge in [0.25, 0.3) is 0 Å². The van der Waals surface area contributed by atoms with E-state index in [1.807, 2.05) is 38.1 Å². The summed E-state index contributed by atoms with van der Waals surface area (Å²) in [4.78, 5) is 12.3. The summed E-state index contributed by atoms with van der Waals surface area (Å²) in [6.45, 7) is 3.45. The molecule has 8 nitrogen and oxygen atoms in total. The molecule has 0 radical (unpaired) electrons. The molecular weight excluding hydrogens is 450 g/mol. The molecule has 4 N–H and O–H groups in total. The largest absolute Gasteiger partial charge is 0.490 e. The fraction of sp³-hybridized carbons (Fsp3) is 0.360. The molecule has 3 aromatic rings. The van der Waals surface area contributed by atoms with Gasteiger partial charge < -0.3 is 20.9 Å². The zero-order chi connectivity index (χ0) is 24.2. The highest BCUT2D eigenvalue weighted by Crippen LogP contribution is 2.39. The van der Waals surface area contributed by atoms with Gasteiger partial charge in [-0.2, -0.15) is 5.26 Å². The van der Waals surface area contributed by atoms with Crippen molar-refractivity contribution in [3.05, 3.63) is 53.1 Å². The van der Waals surface area contributed by atoms with E-state index in [-0.39, 0.29) is 18.1 Å². The average molecular weight is 478 g/mol. The fourth-order valence-electron chi connectivity index (χ4n) is 4.12. The van der Waals surface area contributed by atoms with Gasteiger partial charge in [-0.15, -0.1) is 10.2 Å². The fourth-order valence-corrected chi connectivity index (χ4v) is 5.01. The number of hydrogen-bond acceptors (Lipinski definition) is 8. The number of nitrogens with zero attached hydrogens (tertiary/aromatic N) is 3. The maximum atomic E-state index is 12.3. The Labute approximate surface area is 202 Å². The van der Waals surface area contributed by atoms with Crippen LogP contribution in [0.25, 0.3) is 21.1 Å². The number of aliphatic hydroxyl groups is 1. The SMILES string of the molecule is CC(C)Oc1ccc(-c2nnc(-c3cccc4c3CCCC4NC(=O)C(N)CO)s2)cc1C#N. The second-order valence-corrected chi connectivity index (χ2v) is 9.50. The second-order valence-electron chi connectivity index (χ2n) is 8.52. The molecule has 0 saturated heterocycles. The Hall–Kier alpha value is -3.32. The molecule has 1 amide bonds. The zero-order valence-electron chi connectivity index (χ0n) is 19.1. The van der Waals surface area contributed by atoms with Crippen molar-refractivity contribution in [3.8, 4) is 33.0 Å². The molecule has 1 aromatic heterocycles. The zero-order valence-corrected chi connectivity index (χ0v) is 19.9. The lowest BCUT2D eigenvalue weighted by atomic mass is 9.85. The Balaban J connectivity index is 1.63. The van der Waals surface area contributed by atoms with Gasteiger partial charge in [0.1, 0.15) is 27.9 Å². The van der Waals surface area contributed by atoms with E-state index in [9.17, 15) is 15.2 Å². The molecule has 2 aromatic carbocycles. The van der Waals surface area contributed by atoms with Crippen molar-refractivity contribution in [3.63, 3.8) is 0 Å². The average Bonchev–Trinajstić information content (AvgIpc) is 3.33. The van der Waals surface area contributed by atoms with Gasteiger partial charge in [0.2, 0.25) is 5.91 Å². The molecule has 34 heavy (non-hydrogen) atoms. The first kappa shape index (κ1) is 23.8. The Kier molecular flexibility index (Phi) is 7.22. The van der Waals surface area contributed by atoms with E-state index in [0.29, 0.717) is 11.3 Å². The molecule has 0 fully saturated rings. The topological polar surface area (TPSA) is 134 Å². The number of aromatic nitrogens is 2. The summed E-state index contributed by atoms with van der Waals surface area (Å²) in [7, 11) is 0. The maximum absolute atomic E-state index is 12.3. The van der Waals surface area contributed by atoms with Crippen LogP contribution in [0.4, 0.5) is 0 Å². The number of nitrogens with one attached hydrogen (secondary N) is 1. The summed E-state index contributed by atoms with van der Waals surface area (Å²) in [5, 5.41) is 32.0. The van der Waals surface area contributed by atoms with Gasteiger partial charge in [0.05, 0.1) is 24.3 Å². The van der Waals surface area contributed by atoms with Crippen molar-refractivity contribution < 1.29 is 14.6 Å². The number of rotatable bonds is 7. The molecule has 1 aliphatic carbocycles. The van der Waals surface area contributed by atoms with Gasteiger partial charge in [-0.1, -0.05) is 29.5 Å². The summed E-state index contributed by atoms with van der Waals surface area (Å²) < 4.78 is 5.72. The monoisotopic (exact) mass is 477 g/mol. The lowest BCUT2D eigenvalue weighted by Gasteiger charge is -2.28. The van der Waals surface area contributed by atoms with Crippen molar-refractivity contribution >= 4 is 17.2 Å². The highest BCUT2D eigenvalue weighted by Gasteiger charge is 2.26. The maximum Gasteiger partial charge on any atom is 0.239 e. The van der Waals surface area contributed by atoms with Crippen molar-refractivity contribution in [2.75, 3.05) is 6.61 Å². The smallest absolute Gasteiger partial charge is 0.239 e. The summed E-state index contributed by atoms with van der Waals surface area (Å²) >= 11 is 1.46. The standard InChI is InChI=1S/C25H27N5O3S/c1-14(2)33-22-10-9-15(11-16(22)12-26)24-29-30-25(34-24)19-7-3-6-18-17(19)5-4-8-21(18)28-23(32)20(27)13-31/h3,6-7,9-11,14,20-21,31H,4-5,8,13,27H2,1-2H3,(H,28,32). The van der Waals surface area contributed by atoms with Gasteiger partial charge in [0.15, 0.2) is 0 Å². The first-order chi connectivity index (χ1) is 16.4. The third-order valence-corrected chi connectivity index (χ3v) is 6.73. The number of nitrogens with two attached hydrogens (primary N) is 1. The quantitative estimate of drug-likeness (QED) is 0.475. The van der Waals surface area contributed by atoms with Crippen LogP contribution in [0.5, 0.6) is 5.75 Å². The number of carbonyl (C=O) groups is 1. The lowest BCUT2D eigenvalue weighted by molar-refractivity contribution is -0.124. The van der Waals surface area contributed by atoms with Crippen molar-refractivity contribution in [2.24, 2.45) is 5.73 Å². The predicted octanol–water partition coefficient (Wildman–Crippen LogP) is 3.34.